The molecular formula is C19H21N3S. The smallest absolute Gasteiger partial charge is 0.123 e. The van der Waals surface area contributed by atoms with Crippen LogP contribution in [0.2, 0.25) is 0 Å². The first-order chi connectivity index (χ1) is 11.2. The lowest BCUT2D eigenvalue weighted by molar-refractivity contribution is 0.369. The molecule has 2 aromatic rings. The Balaban J connectivity index is 1.53. The number of aromatic nitrogens is 1. The molecule has 1 aliphatic heterocycles. The molecule has 2 heterocycles. The summed E-state index contributed by atoms with van der Waals surface area (Å²) < 4.78 is 0. The maximum atomic E-state index is 4.93. The van der Waals surface area contributed by atoms with Crippen molar-refractivity contribution in [3.63, 3.8) is 0 Å². The molecule has 0 amide bonds. The summed E-state index contributed by atoms with van der Waals surface area (Å²) in [6.45, 7) is 2.18. The predicted octanol–water partition coefficient (Wildman–Crippen LogP) is 3.73. The average Bonchev–Trinajstić information content (AvgIpc) is 2.82. The molecule has 0 fully saturated rings. The Bertz CT molecular complexity index is 743. The van der Waals surface area contributed by atoms with Crippen LogP contribution in [-0.4, -0.2) is 37.1 Å². The zero-order chi connectivity index (χ0) is 15.8. The van der Waals surface area contributed by atoms with Gasteiger partial charge >= 0.3 is 0 Å². The summed E-state index contributed by atoms with van der Waals surface area (Å²) in [6, 6.07) is 8.70. The lowest BCUT2D eigenvalue weighted by Gasteiger charge is -2.26. The highest BCUT2D eigenvalue weighted by atomic mass is 32.1. The fourth-order valence-corrected chi connectivity index (χ4v) is 4.14. The van der Waals surface area contributed by atoms with Gasteiger partial charge in [-0.05, 0) is 36.4 Å². The predicted molar refractivity (Wildman–Crippen MR) is 98.1 cm³/mol. The summed E-state index contributed by atoms with van der Waals surface area (Å²) in [6.07, 6.45) is 8.67. The Morgan fingerprint density at radius 1 is 1.09 bits per heavy atom. The van der Waals surface area contributed by atoms with E-state index in [0.29, 0.717) is 0 Å². The molecule has 118 valence electrons. The van der Waals surface area contributed by atoms with Crippen molar-refractivity contribution in [3.05, 3.63) is 58.8 Å². The van der Waals surface area contributed by atoms with Gasteiger partial charge in [-0.15, -0.1) is 11.3 Å². The minimum absolute atomic E-state index is 1.05. The van der Waals surface area contributed by atoms with E-state index < -0.39 is 0 Å². The van der Waals surface area contributed by atoms with Crippen LogP contribution in [0.3, 0.4) is 0 Å². The van der Waals surface area contributed by atoms with E-state index in [9.17, 15) is 0 Å². The van der Waals surface area contributed by atoms with E-state index in [0.717, 1.165) is 30.9 Å². The summed E-state index contributed by atoms with van der Waals surface area (Å²) >= 11 is 1.87. The zero-order valence-corrected chi connectivity index (χ0v) is 14.4. The van der Waals surface area contributed by atoms with E-state index in [1.807, 2.05) is 11.3 Å². The molecule has 1 aromatic carbocycles. The maximum absolute atomic E-state index is 4.93. The van der Waals surface area contributed by atoms with E-state index in [4.69, 9.17) is 4.98 Å². The second kappa shape index (κ2) is 5.85. The third kappa shape index (κ3) is 2.79. The summed E-state index contributed by atoms with van der Waals surface area (Å²) in [7, 11) is 4.14. The van der Waals surface area contributed by atoms with Gasteiger partial charge in [-0.25, -0.2) is 4.98 Å². The quantitative estimate of drug-likeness (QED) is 0.858. The molecule has 4 rings (SSSR count). The van der Waals surface area contributed by atoms with Crippen LogP contribution in [0.5, 0.6) is 0 Å². The molecule has 0 N–H and O–H groups in total. The topological polar surface area (TPSA) is 19.4 Å². The first-order valence-corrected chi connectivity index (χ1v) is 8.92. The number of fused-ring (bicyclic) bond motifs is 1. The monoisotopic (exact) mass is 323 g/mol. The van der Waals surface area contributed by atoms with Crippen molar-refractivity contribution in [2.75, 3.05) is 32.1 Å². The largest absolute Gasteiger partial charge is 0.378 e. The molecule has 3 nitrogen and oxygen atoms in total. The van der Waals surface area contributed by atoms with Crippen LogP contribution in [0.15, 0.2) is 48.2 Å². The fourth-order valence-electron chi connectivity index (χ4n) is 3.04. The Hall–Kier alpha value is -2.07. The van der Waals surface area contributed by atoms with Crippen LogP contribution in [-0.2, 0) is 12.8 Å². The van der Waals surface area contributed by atoms with Gasteiger partial charge in [-0.2, -0.15) is 0 Å². The summed E-state index contributed by atoms with van der Waals surface area (Å²) in [5, 5.41) is 1.16. The number of nitrogens with zero attached hydrogens (tertiary/aromatic N) is 3. The van der Waals surface area contributed by atoms with E-state index in [2.05, 4.69) is 66.4 Å². The van der Waals surface area contributed by atoms with Crippen molar-refractivity contribution < 1.29 is 0 Å². The van der Waals surface area contributed by atoms with Crippen molar-refractivity contribution in [2.45, 2.75) is 12.8 Å². The van der Waals surface area contributed by atoms with Crippen molar-refractivity contribution >= 4 is 17.0 Å². The first kappa shape index (κ1) is 14.5. The molecule has 0 spiro atoms. The first-order valence-electron chi connectivity index (χ1n) is 8.10. The molecule has 4 heteroatoms. The fraction of sp³-hybridized carbons (Fsp3) is 0.316. The third-order valence-electron chi connectivity index (χ3n) is 4.54. The Kier molecular flexibility index (Phi) is 3.69. The molecule has 0 unspecified atom stereocenters. The van der Waals surface area contributed by atoms with Gasteiger partial charge in [0, 0.05) is 61.9 Å². The number of rotatable bonds is 3. The van der Waals surface area contributed by atoms with Crippen molar-refractivity contribution in [1.29, 1.82) is 0 Å². The normalized spacial score (nSPS) is 16.4. The Morgan fingerprint density at radius 3 is 2.48 bits per heavy atom. The highest BCUT2D eigenvalue weighted by molar-refractivity contribution is 7.15. The molecular weight excluding hydrogens is 302 g/mol. The molecule has 1 aromatic heterocycles. The summed E-state index contributed by atoms with van der Waals surface area (Å²) in [4.78, 5) is 11.0. The van der Waals surface area contributed by atoms with Gasteiger partial charge in [-0.1, -0.05) is 6.08 Å². The van der Waals surface area contributed by atoms with Gasteiger partial charge in [0.25, 0.3) is 0 Å². The van der Waals surface area contributed by atoms with Crippen LogP contribution in [0.4, 0.5) is 5.69 Å². The van der Waals surface area contributed by atoms with E-state index in [1.165, 1.54) is 27.5 Å². The lowest BCUT2D eigenvalue weighted by Crippen LogP contribution is -2.26. The second-order valence-corrected chi connectivity index (χ2v) is 7.35. The molecule has 0 saturated carbocycles. The molecule has 0 saturated heterocycles. The number of thiazole rings is 1. The van der Waals surface area contributed by atoms with E-state index in [-0.39, 0.29) is 0 Å². The summed E-state index contributed by atoms with van der Waals surface area (Å²) in [5.41, 5.74) is 5.13. The summed E-state index contributed by atoms with van der Waals surface area (Å²) in [5.74, 6) is 0. The zero-order valence-electron chi connectivity index (χ0n) is 13.6. The van der Waals surface area contributed by atoms with E-state index in [1.54, 1.807) is 0 Å². The van der Waals surface area contributed by atoms with Gasteiger partial charge in [0.1, 0.15) is 5.01 Å². The number of benzene rings is 1. The van der Waals surface area contributed by atoms with Crippen molar-refractivity contribution in [1.82, 2.24) is 9.88 Å². The van der Waals surface area contributed by atoms with Crippen LogP contribution in [0.25, 0.3) is 10.6 Å². The number of hydrogen-bond donors (Lipinski definition) is 0. The number of hydrogen-bond acceptors (Lipinski definition) is 4. The highest BCUT2D eigenvalue weighted by Crippen LogP contribution is 2.32. The minimum atomic E-state index is 1.05. The van der Waals surface area contributed by atoms with Crippen molar-refractivity contribution in [3.8, 4) is 10.6 Å². The number of anilines is 1. The average molecular weight is 323 g/mol. The molecule has 23 heavy (non-hydrogen) atoms. The molecule has 1 aliphatic carbocycles. The molecule has 2 aliphatic rings. The van der Waals surface area contributed by atoms with Crippen LogP contribution in [0.1, 0.15) is 10.6 Å². The maximum Gasteiger partial charge on any atom is 0.123 e. The number of allylic oxidation sites excluding steroid dienone is 3. The molecule has 0 radical (unpaired) electrons. The second-order valence-electron chi connectivity index (χ2n) is 6.27. The van der Waals surface area contributed by atoms with Crippen LogP contribution < -0.4 is 4.90 Å². The standard InChI is InChI=1S/C19H21N3S/c1-21(2)15-8-6-14(7-9-15)19-20-17-10-12-22(16-4-3-5-16)13-11-18(17)23-19/h3-9H,10-13H2,1-2H3. The van der Waals surface area contributed by atoms with Gasteiger partial charge in [0.15, 0.2) is 0 Å². The van der Waals surface area contributed by atoms with Crippen molar-refractivity contribution in [2.24, 2.45) is 0 Å². The van der Waals surface area contributed by atoms with E-state index >= 15 is 0 Å². The minimum Gasteiger partial charge on any atom is -0.378 e. The lowest BCUT2D eigenvalue weighted by atomic mass is 10.2. The SMILES string of the molecule is CN(C)c1ccc(-c2nc3c(s2)CCN(C2=CC=C2)CC3)cc1. The van der Waals surface area contributed by atoms with Gasteiger partial charge < -0.3 is 9.80 Å². The highest BCUT2D eigenvalue weighted by Gasteiger charge is 2.20. The van der Waals surface area contributed by atoms with Crippen LogP contribution >= 0.6 is 11.3 Å². The molecule has 0 bridgehead atoms. The van der Waals surface area contributed by atoms with Crippen LogP contribution in [0, 0.1) is 0 Å². The Labute approximate surface area is 141 Å². The van der Waals surface area contributed by atoms with Gasteiger partial charge in [-0.3, -0.25) is 0 Å². The Morgan fingerprint density at radius 2 is 1.83 bits per heavy atom. The van der Waals surface area contributed by atoms with Gasteiger partial charge in [0.05, 0.1) is 5.69 Å². The van der Waals surface area contributed by atoms with Gasteiger partial charge in [0.2, 0.25) is 0 Å². The molecule has 0 atom stereocenters. The third-order valence-corrected chi connectivity index (χ3v) is 5.74.